The third kappa shape index (κ3) is 8.82. The van der Waals surface area contributed by atoms with E-state index in [9.17, 15) is 65.8 Å². The number of hydrogen-bond donors (Lipinski definition) is 13. The summed E-state index contributed by atoms with van der Waals surface area (Å²) in [5.41, 5.74) is 0. The zero-order valence-corrected chi connectivity index (χ0v) is 26.4. The molecule has 0 aromatic carbocycles. The van der Waals surface area contributed by atoms with E-state index >= 15 is 0 Å². The Kier molecular flexibility index (Phi) is 14.0. The molecule has 284 valence electrons. The highest BCUT2D eigenvalue weighted by Crippen LogP contribution is 2.34. The number of carbonyl (C=O) groups excluding carboxylic acids is 2. The van der Waals surface area contributed by atoms with Crippen LogP contribution in [-0.2, 0) is 42.7 Å². The van der Waals surface area contributed by atoms with Crippen LogP contribution in [0.3, 0.4) is 0 Å². The zero-order valence-electron chi connectivity index (χ0n) is 26.4. The van der Waals surface area contributed by atoms with Gasteiger partial charge in [0.25, 0.3) is 0 Å². The standard InChI is InChI=1S/C27H46N2O20/c1-7(33)28-13-17(38)21(11(4-31)44-24(13)42)47-25-14(29-8(2)34)18(39)22(12(5-32)46-25)48-27-23(19(40)16(37)10(3-30)45-27)49-26-20(41)15(36)9(35)6-43-26/h9-27,30-32,35-42H,3-6H2,1-2H3,(H,28,33)(H,29,34)/t9-,10-,11-,12-,13-,14-,15+,16-,17-,18-,19+,20-,21-,22-,23+,24-,25+,26+,27+/m1/s1. The number of carbonyl (C=O) groups is 2. The monoisotopic (exact) mass is 718 g/mol. The fourth-order valence-electron chi connectivity index (χ4n) is 6.05. The van der Waals surface area contributed by atoms with Crippen molar-refractivity contribution in [2.45, 2.75) is 130 Å². The minimum atomic E-state index is -1.91. The van der Waals surface area contributed by atoms with E-state index in [0.29, 0.717) is 0 Å². The van der Waals surface area contributed by atoms with Gasteiger partial charge in [0.1, 0.15) is 91.4 Å². The van der Waals surface area contributed by atoms with Crippen molar-refractivity contribution >= 4 is 11.8 Å². The van der Waals surface area contributed by atoms with Gasteiger partial charge >= 0.3 is 0 Å². The van der Waals surface area contributed by atoms with Crippen LogP contribution in [0.4, 0.5) is 0 Å². The highest BCUT2D eigenvalue weighted by atomic mass is 16.8. The maximum atomic E-state index is 12.2. The van der Waals surface area contributed by atoms with Gasteiger partial charge in [0.05, 0.1) is 26.4 Å². The van der Waals surface area contributed by atoms with Crippen LogP contribution in [0.5, 0.6) is 0 Å². The van der Waals surface area contributed by atoms with Crippen LogP contribution >= 0.6 is 0 Å². The maximum absolute atomic E-state index is 12.2. The second kappa shape index (κ2) is 17.2. The lowest BCUT2D eigenvalue weighted by Gasteiger charge is -2.50. The predicted octanol–water partition coefficient (Wildman–Crippen LogP) is -8.82. The average Bonchev–Trinajstić information content (AvgIpc) is 3.05. The van der Waals surface area contributed by atoms with Crippen LogP contribution in [0.25, 0.3) is 0 Å². The fourth-order valence-corrected chi connectivity index (χ4v) is 6.05. The Morgan fingerprint density at radius 1 is 0.571 bits per heavy atom. The largest absolute Gasteiger partial charge is 0.394 e. The van der Waals surface area contributed by atoms with Gasteiger partial charge in [0.15, 0.2) is 25.2 Å². The molecule has 4 aliphatic heterocycles. The summed E-state index contributed by atoms with van der Waals surface area (Å²) in [6.45, 7) is -0.869. The quantitative estimate of drug-likeness (QED) is 0.0943. The molecule has 0 saturated carbocycles. The molecule has 22 nitrogen and oxygen atoms in total. The molecule has 19 atom stereocenters. The molecule has 0 radical (unpaired) electrons. The summed E-state index contributed by atoms with van der Waals surface area (Å²) in [6, 6.07) is -3.02. The van der Waals surface area contributed by atoms with Crippen molar-refractivity contribution < 1.29 is 98.9 Å². The molecule has 49 heavy (non-hydrogen) atoms. The van der Waals surface area contributed by atoms with E-state index in [-0.39, 0.29) is 0 Å². The molecule has 2 amide bonds. The number of rotatable bonds is 11. The van der Waals surface area contributed by atoms with Gasteiger partial charge in [-0.15, -0.1) is 0 Å². The Balaban J connectivity index is 1.59. The van der Waals surface area contributed by atoms with Crippen molar-refractivity contribution in [2.75, 3.05) is 26.4 Å². The summed E-state index contributed by atoms with van der Waals surface area (Å²) < 4.78 is 39.4. The number of aliphatic hydroxyl groups excluding tert-OH is 11. The van der Waals surface area contributed by atoms with Crippen molar-refractivity contribution in [1.29, 1.82) is 0 Å². The molecule has 4 fully saturated rings. The van der Waals surface area contributed by atoms with Crippen molar-refractivity contribution in [3.63, 3.8) is 0 Å². The Labute approximate surface area is 278 Å². The number of hydrogen-bond acceptors (Lipinski definition) is 20. The van der Waals surface area contributed by atoms with Crippen molar-refractivity contribution in [2.24, 2.45) is 0 Å². The molecule has 22 heteroatoms. The average molecular weight is 719 g/mol. The lowest BCUT2D eigenvalue weighted by molar-refractivity contribution is -0.382. The third-order valence-electron chi connectivity index (χ3n) is 8.62. The molecule has 0 aromatic rings. The second-order valence-corrected chi connectivity index (χ2v) is 12.2. The molecule has 0 bridgehead atoms. The predicted molar refractivity (Wildman–Crippen MR) is 151 cm³/mol. The van der Waals surface area contributed by atoms with Crippen LogP contribution < -0.4 is 10.6 Å². The first kappa shape index (κ1) is 40.0. The summed E-state index contributed by atoms with van der Waals surface area (Å²) in [5, 5.41) is 119. The molecule has 13 N–H and O–H groups in total. The Morgan fingerprint density at radius 3 is 1.63 bits per heavy atom. The summed E-state index contributed by atoms with van der Waals surface area (Å²) in [6.07, 6.45) is -28.9. The fraction of sp³-hybridized carbons (Fsp3) is 0.926. The van der Waals surface area contributed by atoms with E-state index in [0.717, 1.165) is 13.8 Å². The molecule has 0 spiro atoms. The third-order valence-corrected chi connectivity index (χ3v) is 8.62. The Bertz CT molecular complexity index is 1090. The van der Waals surface area contributed by atoms with Crippen LogP contribution in [0.2, 0.25) is 0 Å². The lowest BCUT2D eigenvalue weighted by atomic mass is 9.94. The number of aliphatic hydroxyl groups is 11. The molecule has 4 heterocycles. The molecule has 4 aliphatic rings. The highest BCUT2D eigenvalue weighted by Gasteiger charge is 2.55. The van der Waals surface area contributed by atoms with Crippen LogP contribution in [0.1, 0.15) is 13.8 Å². The first-order chi connectivity index (χ1) is 23.1. The topological polar surface area (TPSA) is 345 Å². The van der Waals surface area contributed by atoms with Gasteiger partial charge in [-0.05, 0) is 0 Å². The van der Waals surface area contributed by atoms with Gasteiger partial charge in [-0.25, -0.2) is 0 Å². The Hall–Kier alpha value is -1.78. The van der Waals surface area contributed by atoms with Crippen LogP contribution in [0, 0.1) is 0 Å². The minimum absolute atomic E-state index is 0.496. The van der Waals surface area contributed by atoms with Gasteiger partial charge in [0.2, 0.25) is 11.8 Å². The van der Waals surface area contributed by atoms with Crippen LogP contribution in [-0.4, -0.2) is 211 Å². The zero-order chi connectivity index (χ0) is 36.3. The van der Waals surface area contributed by atoms with Gasteiger partial charge in [-0.1, -0.05) is 0 Å². The van der Waals surface area contributed by atoms with Gasteiger partial charge in [-0.2, -0.15) is 0 Å². The van der Waals surface area contributed by atoms with Gasteiger partial charge in [0, 0.05) is 13.8 Å². The van der Waals surface area contributed by atoms with Gasteiger partial charge < -0.3 is 100.0 Å². The van der Waals surface area contributed by atoms with E-state index in [1.807, 2.05) is 0 Å². The van der Waals surface area contributed by atoms with E-state index in [1.54, 1.807) is 0 Å². The molecule has 4 rings (SSSR count). The van der Waals surface area contributed by atoms with Crippen molar-refractivity contribution in [3.05, 3.63) is 0 Å². The smallest absolute Gasteiger partial charge is 0.217 e. The van der Waals surface area contributed by atoms with Crippen molar-refractivity contribution in [1.82, 2.24) is 10.6 Å². The molecular formula is C27H46N2O20. The maximum Gasteiger partial charge on any atom is 0.217 e. The second-order valence-electron chi connectivity index (χ2n) is 12.2. The van der Waals surface area contributed by atoms with E-state index in [4.69, 9.17) is 33.2 Å². The van der Waals surface area contributed by atoms with Crippen molar-refractivity contribution in [3.8, 4) is 0 Å². The molecule has 0 aliphatic carbocycles. The minimum Gasteiger partial charge on any atom is -0.394 e. The number of amides is 2. The SMILES string of the molecule is CC(=O)N[C@@H]1[C@@H](O)[C@H](O[C@@H]2O[C@H](CO)[C@@H](O[C@@H]3O[C@H](CO)[C@@H](O)[C@H](O)[C@@H]3O[C@@H]3OC[C@@H](O)[C@H](O)[C@H]3O)[C@H](O)[C@H]2NC(C)=O)[C@@H](CO)O[C@H]1O. The summed E-state index contributed by atoms with van der Waals surface area (Å²) >= 11 is 0. The first-order valence-electron chi connectivity index (χ1n) is 15.5. The van der Waals surface area contributed by atoms with Crippen LogP contribution in [0.15, 0.2) is 0 Å². The van der Waals surface area contributed by atoms with E-state index in [1.165, 1.54) is 0 Å². The molecule has 0 aromatic heterocycles. The normalized spacial score (nSPS) is 47.7. The van der Waals surface area contributed by atoms with Gasteiger partial charge in [-0.3, -0.25) is 9.59 Å². The summed E-state index contributed by atoms with van der Waals surface area (Å²) in [4.78, 5) is 23.9. The van der Waals surface area contributed by atoms with E-state index < -0.39 is 155 Å². The highest BCUT2D eigenvalue weighted by molar-refractivity contribution is 5.73. The summed E-state index contributed by atoms with van der Waals surface area (Å²) in [5.74, 6) is -1.38. The molecule has 4 saturated heterocycles. The number of nitrogens with one attached hydrogen (secondary N) is 2. The first-order valence-corrected chi connectivity index (χ1v) is 15.5. The molecular weight excluding hydrogens is 672 g/mol. The lowest BCUT2D eigenvalue weighted by Crippen LogP contribution is -2.70. The molecule has 0 unspecified atom stereocenters. The number of ether oxygens (including phenoxy) is 7. The Morgan fingerprint density at radius 2 is 1.06 bits per heavy atom. The van der Waals surface area contributed by atoms with E-state index in [2.05, 4.69) is 10.6 Å². The summed E-state index contributed by atoms with van der Waals surface area (Å²) in [7, 11) is 0.